The Hall–Kier alpha value is -2.77. The molecule has 8 heteroatoms. The van der Waals surface area contributed by atoms with Crippen molar-refractivity contribution in [3.63, 3.8) is 0 Å². The molecule has 0 aliphatic heterocycles. The Balaban J connectivity index is 1.54. The normalized spacial score (nSPS) is 11.7. The van der Waals surface area contributed by atoms with Gasteiger partial charge in [0.15, 0.2) is 0 Å². The SMILES string of the molecule is C[C@H](NC(=O)c1ccccc1Cl)C(=O)OCc1csc(-c2ccc(F)cc2)n1. The molecule has 5 nitrogen and oxygen atoms in total. The van der Waals surface area contributed by atoms with Crippen molar-refractivity contribution >= 4 is 34.8 Å². The molecule has 0 fully saturated rings. The molecule has 3 aromatic rings. The van der Waals surface area contributed by atoms with E-state index in [1.165, 1.54) is 30.4 Å². The van der Waals surface area contributed by atoms with Gasteiger partial charge < -0.3 is 10.1 Å². The molecule has 1 amide bonds. The molecule has 0 spiro atoms. The molecule has 3 rings (SSSR count). The summed E-state index contributed by atoms with van der Waals surface area (Å²) in [5, 5.41) is 5.32. The molecule has 0 unspecified atom stereocenters. The van der Waals surface area contributed by atoms with Crippen molar-refractivity contribution in [2.75, 3.05) is 0 Å². The summed E-state index contributed by atoms with van der Waals surface area (Å²) in [5.74, 6) is -1.36. The van der Waals surface area contributed by atoms with E-state index in [4.69, 9.17) is 16.3 Å². The number of rotatable bonds is 6. The molecular weight excluding hydrogens is 403 g/mol. The second kappa shape index (κ2) is 8.95. The molecule has 0 aliphatic rings. The van der Waals surface area contributed by atoms with Gasteiger partial charge in [-0.1, -0.05) is 23.7 Å². The molecule has 28 heavy (non-hydrogen) atoms. The number of carbonyl (C=O) groups excluding carboxylic acids is 2. The lowest BCUT2D eigenvalue weighted by atomic mass is 10.2. The van der Waals surface area contributed by atoms with Gasteiger partial charge in [0, 0.05) is 10.9 Å². The number of ether oxygens (including phenoxy) is 1. The molecule has 1 heterocycles. The van der Waals surface area contributed by atoms with Gasteiger partial charge in [0.2, 0.25) is 0 Å². The Bertz CT molecular complexity index is 991. The van der Waals surface area contributed by atoms with Crippen molar-refractivity contribution in [2.45, 2.75) is 19.6 Å². The maximum Gasteiger partial charge on any atom is 0.328 e. The molecule has 2 aromatic carbocycles. The van der Waals surface area contributed by atoms with Gasteiger partial charge in [0.25, 0.3) is 5.91 Å². The summed E-state index contributed by atoms with van der Waals surface area (Å²) in [6.07, 6.45) is 0. The Labute approximate surface area is 170 Å². The average molecular weight is 419 g/mol. The third-order valence-corrected chi connectivity index (χ3v) is 5.09. The predicted octanol–water partition coefficient (Wildman–Crippen LogP) is 4.46. The highest BCUT2D eigenvalue weighted by molar-refractivity contribution is 7.13. The fourth-order valence-corrected chi connectivity index (χ4v) is 3.38. The Morgan fingerprint density at radius 1 is 1.21 bits per heavy atom. The summed E-state index contributed by atoms with van der Waals surface area (Å²) >= 11 is 7.35. The zero-order valence-electron chi connectivity index (χ0n) is 14.8. The van der Waals surface area contributed by atoms with Crippen LogP contribution in [0.1, 0.15) is 23.0 Å². The molecule has 0 bridgehead atoms. The van der Waals surface area contributed by atoms with Crippen LogP contribution in [0, 0.1) is 5.82 Å². The highest BCUT2D eigenvalue weighted by Crippen LogP contribution is 2.24. The van der Waals surface area contributed by atoms with Crippen molar-refractivity contribution < 1.29 is 18.7 Å². The second-order valence-electron chi connectivity index (χ2n) is 5.93. The van der Waals surface area contributed by atoms with E-state index in [0.717, 1.165) is 5.56 Å². The monoisotopic (exact) mass is 418 g/mol. The van der Waals surface area contributed by atoms with Crippen molar-refractivity contribution in [3.8, 4) is 10.6 Å². The number of nitrogens with zero attached hydrogens (tertiary/aromatic N) is 1. The zero-order valence-corrected chi connectivity index (χ0v) is 16.4. The standard InChI is InChI=1S/C20H16ClFN2O3S/c1-12(23-18(25)16-4-2-3-5-17(16)21)20(26)27-10-15-11-28-19(24-15)13-6-8-14(22)9-7-13/h2-9,11-12H,10H2,1H3,(H,23,25)/t12-/m0/s1. The van der Waals surface area contributed by atoms with Gasteiger partial charge in [0.05, 0.1) is 16.3 Å². The summed E-state index contributed by atoms with van der Waals surface area (Å²) in [6.45, 7) is 1.50. The topological polar surface area (TPSA) is 68.3 Å². The van der Waals surface area contributed by atoms with E-state index in [1.807, 2.05) is 0 Å². The minimum absolute atomic E-state index is 0.0250. The van der Waals surface area contributed by atoms with E-state index in [2.05, 4.69) is 10.3 Å². The van der Waals surface area contributed by atoms with Gasteiger partial charge in [-0.2, -0.15) is 0 Å². The minimum atomic E-state index is -0.848. The number of thiazole rings is 1. The zero-order chi connectivity index (χ0) is 20.1. The molecule has 144 valence electrons. The average Bonchev–Trinajstić information content (AvgIpc) is 3.16. The van der Waals surface area contributed by atoms with Crippen LogP contribution in [-0.4, -0.2) is 22.9 Å². The fraction of sp³-hybridized carbons (Fsp3) is 0.150. The van der Waals surface area contributed by atoms with Crippen LogP contribution >= 0.6 is 22.9 Å². The van der Waals surface area contributed by atoms with Gasteiger partial charge in [-0.05, 0) is 43.3 Å². The van der Waals surface area contributed by atoms with Crippen molar-refractivity contribution in [3.05, 3.63) is 76.0 Å². The van der Waals surface area contributed by atoms with Crippen LogP contribution in [0.5, 0.6) is 0 Å². The Kier molecular flexibility index (Phi) is 6.38. The van der Waals surface area contributed by atoms with Gasteiger partial charge in [-0.15, -0.1) is 11.3 Å². The van der Waals surface area contributed by atoms with Crippen molar-refractivity contribution in [1.29, 1.82) is 0 Å². The Morgan fingerprint density at radius 3 is 2.64 bits per heavy atom. The summed E-state index contributed by atoms with van der Waals surface area (Å²) in [7, 11) is 0. The summed E-state index contributed by atoms with van der Waals surface area (Å²) < 4.78 is 18.2. The fourth-order valence-electron chi connectivity index (χ4n) is 2.35. The first-order chi connectivity index (χ1) is 13.4. The second-order valence-corrected chi connectivity index (χ2v) is 7.20. The number of hydrogen-bond acceptors (Lipinski definition) is 5. The maximum atomic E-state index is 13.0. The molecular formula is C20H16ClFN2O3S. The maximum absolute atomic E-state index is 13.0. The lowest BCUT2D eigenvalue weighted by Crippen LogP contribution is -2.39. The lowest BCUT2D eigenvalue weighted by Gasteiger charge is -2.13. The predicted molar refractivity (Wildman–Crippen MR) is 106 cm³/mol. The van der Waals surface area contributed by atoms with E-state index in [0.29, 0.717) is 15.7 Å². The van der Waals surface area contributed by atoms with Crippen molar-refractivity contribution in [2.24, 2.45) is 0 Å². The number of benzene rings is 2. The van der Waals surface area contributed by atoms with Crippen molar-refractivity contribution in [1.82, 2.24) is 10.3 Å². The van der Waals surface area contributed by atoms with Crippen LogP contribution in [0.15, 0.2) is 53.9 Å². The van der Waals surface area contributed by atoms with Crippen LogP contribution in [0.25, 0.3) is 10.6 Å². The first kappa shape index (κ1) is 20.0. The van der Waals surface area contributed by atoms with E-state index in [1.54, 1.807) is 41.8 Å². The number of halogens is 2. The quantitative estimate of drug-likeness (QED) is 0.600. The molecule has 1 aromatic heterocycles. The molecule has 0 aliphatic carbocycles. The third-order valence-electron chi connectivity index (χ3n) is 3.82. The number of esters is 1. The molecule has 1 atom stereocenters. The van der Waals surface area contributed by atoms with Crippen LogP contribution in [0.2, 0.25) is 5.02 Å². The highest BCUT2D eigenvalue weighted by atomic mass is 35.5. The molecule has 0 saturated heterocycles. The number of hydrogen-bond donors (Lipinski definition) is 1. The summed E-state index contributed by atoms with van der Waals surface area (Å²) in [5.41, 5.74) is 1.64. The third kappa shape index (κ3) is 4.94. The van der Waals surface area contributed by atoms with Gasteiger partial charge in [-0.25, -0.2) is 14.2 Å². The lowest BCUT2D eigenvalue weighted by molar-refractivity contribution is -0.146. The number of aromatic nitrogens is 1. The van der Waals surface area contributed by atoms with Crippen LogP contribution in [0.4, 0.5) is 4.39 Å². The molecule has 1 N–H and O–H groups in total. The summed E-state index contributed by atoms with van der Waals surface area (Å²) in [6, 6.07) is 11.7. The van der Waals surface area contributed by atoms with Gasteiger partial charge in [0.1, 0.15) is 23.5 Å². The van der Waals surface area contributed by atoms with Crippen LogP contribution in [0.3, 0.4) is 0 Å². The van der Waals surface area contributed by atoms with Gasteiger partial charge in [-0.3, -0.25) is 4.79 Å². The van der Waals surface area contributed by atoms with E-state index in [9.17, 15) is 14.0 Å². The Morgan fingerprint density at radius 2 is 1.93 bits per heavy atom. The van der Waals surface area contributed by atoms with E-state index >= 15 is 0 Å². The van der Waals surface area contributed by atoms with E-state index < -0.39 is 17.9 Å². The van der Waals surface area contributed by atoms with Crippen LogP contribution in [-0.2, 0) is 16.1 Å². The number of amides is 1. The first-order valence-electron chi connectivity index (χ1n) is 8.36. The molecule has 0 radical (unpaired) electrons. The number of carbonyl (C=O) groups is 2. The molecule has 0 saturated carbocycles. The number of nitrogens with one attached hydrogen (secondary N) is 1. The van der Waals surface area contributed by atoms with E-state index in [-0.39, 0.29) is 18.0 Å². The minimum Gasteiger partial charge on any atom is -0.458 e. The summed E-state index contributed by atoms with van der Waals surface area (Å²) in [4.78, 5) is 28.7. The van der Waals surface area contributed by atoms with Crippen LogP contribution < -0.4 is 5.32 Å². The highest BCUT2D eigenvalue weighted by Gasteiger charge is 2.19. The largest absolute Gasteiger partial charge is 0.458 e. The van der Waals surface area contributed by atoms with Gasteiger partial charge >= 0.3 is 5.97 Å². The first-order valence-corrected chi connectivity index (χ1v) is 9.62. The smallest absolute Gasteiger partial charge is 0.328 e.